The van der Waals surface area contributed by atoms with E-state index in [-0.39, 0.29) is 6.61 Å². The van der Waals surface area contributed by atoms with Gasteiger partial charge in [-0.25, -0.2) is 4.39 Å². The normalized spacial score (nSPS) is 10.4. The average molecular weight is 287 g/mol. The first kappa shape index (κ1) is 12.9. The molecule has 0 atom stereocenters. The third-order valence-corrected chi connectivity index (χ3v) is 2.73. The number of pyridine rings is 1. The van der Waals surface area contributed by atoms with E-state index in [1.807, 2.05) is 0 Å². The van der Waals surface area contributed by atoms with Crippen molar-refractivity contribution in [3.63, 3.8) is 0 Å². The van der Waals surface area contributed by atoms with E-state index in [0.29, 0.717) is 27.0 Å². The van der Waals surface area contributed by atoms with Gasteiger partial charge in [0.05, 0.1) is 16.2 Å². The van der Waals surface area contributed by atoms with E-state index in [9.17, 15) is 4.39 Å². The molecule has 0 aliphatic rings. The van der Waals surface area contributed by atoms with E-state index >= 15 is 0 Å². The molecule has 0 radical (unpaired) electrons. The van der Waals surface area contributed by atoms with Gasteiger partial charge in [-0.1, -0.05) is 23.2 Å². The predicted octanol–water partition coefficient (Wildman–Crippen LogP) is 3.69. The Morgan fingerprint density at radius 3 is 2.44 bits per heavy atom. The van der Waals surface area contributed by atoms with Crippen molar-refractivity contribution in [3.8, 4) is 5.75 Å². The fourth-order valence-electron chi connectivity index (χ4n) is 1.41. The summed E-state index contributed by atoms with van der Waals surface area (Å²) in [7, 11) is 0. The van der Waals surface area contributed by atoms with Crippen molar-refractivity contribution in [2.45, 2.75) is 6.61 Å². The standard InChI is InChI=1S/C12H9Cl2FN2O/c13-10-2-9(16)3-11(14)12(10)18-6-7-1-8(15)5-17-4-7/h1-5H,6,16H2. The van der Waals surface area contributed by atoms with Crippen molar-refractivity contribution in [2.75, 3.05) is 5.73 Å². The Balaban J connectivity index is 2.16. The van der Waals surface area contributed by atoms with Crippen LogP contribution in [0.2, 0.25) is 10.0 Å². The number of anilines is 1. The number of nitrogen functional groups attached to an aromatic ring is 1. The first-order valence-electron chi connectivity index (χ1n) is 5.03. The lowest BCUT2D eigenvalue weighted by Gasteiger charge is -2.10. The van der Waals surface area contributed by atoms with Gasteiger partial charge in [0.25, 0.3) is 0 Å². The summed E-state index contributed by atoms with van der Waals surface area (Å²) < 4.78 is 18.4. The van der Waals surface area contributed by atoms with Crippen LogP contribution in [0.25, 0.3) is 0 Å². The van der Waals surface area contributed by atoms with Crippen molar-refractivity contribution in [2.24, 2.45) is 0 Å². The largest absolute Gasteiger partial charge is 0.486 e. The van der Waals surface area contributed by atoms with Gasteiger partial charge in [0, 0.05) is 17.4 Å². The molecule has 1 aromatic heterocycles. The van der Waals surface area contributed by atoms with Crippen LogP contribution in [0.15, 0.2) is 30.6 Å². The lowest BCUT2D eigenvalue weighted by atomic mass is 10.3. The maximum atomic E-state index is 12.9. The lowest BCUT2D eigenvalue weighted by molar-refractivity contribution is 0.305. The second-order valence-electron chi connectivity index (χ2n) is 3.61. The Morgan fingerprint density at radius 2 is 1.83 bits per heavy atom. The minimum absolute atomic E-state index is 0.119. The zero-order valence-electron chi connectivity index (χ0n) is 9.16. The Labute approximate surface area is 113 Å². The van der Waals surface area contributed by atoms with Gasteiger partial charge in [-0.3, -0.25) is 4.98 Å². The molecule has 18 heavy (non-hydrogen) atoms. The fourth-order valence-corrected chi connectivity index (χ4v) is 2.02. The topological polar surface area (TPSA) is 48.1 Å². The molecule has 0 saturated carbocycles. The van der Waals surface area contributed by atoms with Gasteiger partial charge in [-0.2, -0.15) is 0 Å². The van der Waals surface area contributed by atoms with Gasteiger partial charge in [-0.15, -0.1) is 0 Å². The highest BCUT2D eigenvalue weighted by Gasteiger charge is 2.09. The quantitative estimate of drug-likeness (QED) is 0.876. The number of aromatic nitrogens is 1. The maximum absolute atomic E-state index is 12.9. The zero-order chi connectivity index (χ0) is 13.1. The molecule has 0 amide bonds. The molecule has 0 aliphatic carbocycles. The lowest BCUT2D eigenvalue weighted by Crippen LogP contribution is -1.98. The molecular formula is C12H9Cl2FN2O. The van der Waals surface area contributed by atoms with Gasteiger partial charge in [-0.05, 0) is 18.2 Å². The van der Waals surface area contributed by atoms with Crippen LogP contribution in [0.5, 0.6) is 5.75 Å². The molecule has 3 nitrogen and oxygen atoms in total. The number of hydrogen-bond donors (Lipinski definition) is 1. The van der Waals surface area contributed by atoms with E-state index in [4.69, 9.17) is 33.7 Å². The number of rotatable bonds is 3. The summed E-state index contributed by atoms with van der Waals surface area (Å²) in [4.78, 5) is 3.71. The van der Waals surface area contributed by atoms with Crippen LogP contribution in [0, 0.1) is 5.82 Å². The molecule has 2 aromatic rings. The van der Waals surface area contributed by atoms with Crippen molar-refractivity contribution >= 4 is 28.9 Å². The molecule has 2 rings (SSSR count). The van der Waals surface area contributed by atoms with Crippen LogP contribution in [-0.2, 0) is 6.61 Å². The summed E-state index contributed by atoms with van der Waals surface area (Å²) >= 11 is 11.9. The molecular weight excluding hydrogens is 278 g/mol. The van der Waals surface area contributed by atoms with Crippen molar-refractivity contribution in [1.82, 2.24) is 4.98 Å². The number of halogens is 3. The number of nitrogens with zero attached hydrogens (tertiary/aromatic N) is 1. The zero-order valence-corrected chi connectivity index (χ0v) is 10.7. The second kappa shape index (κ2) is 5.42. The molecule has 1 heterocycles. The van der Waals surface area contributed by atoms with Crippen molar-refractivity contribution in [1.29, 1.82) is 0 Å². The van der Waals surface area contributed by atoms with Crippen LogP contribution in [0.1, 0.15) is 5.56 Å². The highest BCUT2D eigenvalue weighted by molar-refractivity contribution is 6.37. The minimum atomic E-state index is -0.425. The Morgan fingerprint density at radius 1 is 1.17 bits per heavy atom. The molecule has 0 spiro atoms. The van der Waals surface area contributed by atoms with E-state index in [1.54, 1.807) is 0 Å². The third kappa shape index (κ3) is 3.03. The Hall–Kier alpha value is -1.52. The molecule has 0 aliphatic heterocycles. The minimum Gasteiger partial charge on any atom is -0.486 e. The summed E-state index contributed by atoms with van der Waals surface area (Å²) in [6.07, 6.45) is 2.62. The first-order valence-corrected chi connectivity index (χ1v) is 5.78. The van der Waals surface area contributed by atoms with Crippen LogP contribution >= 0.6 is 23.2 Å². The maximum Gasteiger partial charge on any atom is 0.157 e. The van der Waals surface area contributed by atoms with Crippen LogP contribution < -0.4 is 10.5 Å². The molecule has 1 aromatic carbocycles. The monoisotopic (exact) mass is 286 g/mol. The fraction of sp³-hybridized carbons (Fsp3) is 0.0833. The Kier molecular flexibility index (Phi) is 3.89. The second-order valence-corrected chi connectivity index (χ2v) is 4.43. The molecule has 0 unspecified atom stereocenters. The van der Waals surface area contributed by atoms with E-state index in [1.165, 1.54) is 24.4 Å². The van der Waals surface area contributed by atoms with E-state index < -0.39 is 5.82 Å². The molecule has 0 saturated heterocycles. The Bertz CT molecular complexity index is 555. The molecule has 6 heteroatoms. The average Bonchev–Trinajstić information content (AvgIpc) is 2.27. The highest BCUT2D eigenvalue weighted by Crippen LogP contribution is 2.35. The summed E-state index contributed by atoms with van der Waals surface area (Å²) in [6, 6.07) is 4.39. The molecule has 2 N–H and O–H groups in total. The van der Waals surface area contributed by atoms with E-state index in [2.05, 4.69) is 4.98 Å². The number of nitrogens with two attached hydrogens (primary N) is 1. The van der Waals surface area contributed by atoms with Crippen molar-refractivity contribution < 1.29 is 9.13 Å². The SMILES string of the molecule is Nc1cc(Cl)c(OCc2cncc(F)c2)c(Cl)c1. The summed E-state index contributed by atoms with van der Waals surface area (Å²) in [5.41, 5.74) is 6.60. The highest BCUT2D eigenvalue weighted by atomic mass is 35.5. The summed E-state index contributed by atoms with van der Waals surface area (Å²) in [6.45, 7) is 0.119. The third-order valence-electron chi connectivity index (χ3n) is 2.17. The molecule has 0 fully saturated rings. The summed E-state index contributed by atoms with van der Waals surface area (Å²) in [5, 5.41) is 0.619. The van der Waals surface area contributed by atoms with Gasteiger partial charge in [0.15, 0.2) is 5.75 Å². The smallest absolute Gasteiger partial charge is 0.157 e. The first-order chi connectivity index (χ1) is 8.56. The van der Waals surface area contributed by atoms with E-state index in [0.717, 1.165) is 6.20 Å². The number of hydrogen-bond acceptors (Lipinski definition) is 3. The van der Waals surface area contributed by atoms with Gasteiger partial charge in [0.1, 0.15) is 12.4 Å². The van der Waals surface area contributed by atoms with Gasteiger partial charge < -0.3 is 10.5 Å². The van der Waals surface area contributed by atoms with Crippen LogP contribution in [0.4, 0.5) is 10.1 Å². The van der Waals surface area contributed by atoms with Gasteiger partial charge >= 0.3 is 0 Å². The predicted molar refractivity (Wildman–Crippen MR) is 69.4 cm³/mol. The van der Waals surface area contributed by atoms with Gasteiger partial charge in [0.2, 0.25) is 0 Å². The number of ether oxygens (including phenoxy) is 1. The van der Waals surface area contributed by atoms with Crippen molar-refractivity contribution in [3.05, 3.63) is 52.0 Å². The molecule has 94 valence electrons. The molecule has 0 bridgehead atoms. The van der Waals surface area contributed by atoms with Crippen LogP contribution in [-0.4, -0.2) is 4.98 Å². The number of benzene rings is 1. The summed E-state index contributed by atoms with van der Waals surface area (Å²) in [5.74, 6) is -0.109. The van der Waals surface area contributed by atoms with Crippen LogP contribution in [0.3, 0.4) is 0 Å².